The average molecular weight is 270 g/mol. The molecule has 0 amide bonds. The van der Waals surface area contributed by atoms with Gasteiger partial charge in [0.25, 0.3) is 0 Å². The van der Waals surface area contributed by atoms with Crippen molar-refractivity contribution in [1.82, 2.24) is 0 Å². The maximum atomic E-state index is 9.57. The van der Waals surface area contributed by atoms with Crippen molar-refractivity contribution in [2.45, 2.75) is 40.4 Å². The third-order valence-corrected chi connectivity index (χ3v) is 3.57. The highest BCUT2D eigenvalue weighted by Crippen LogP contribution is 2.24. The molecule has 2 rings (SSSR count). The SMILES string of the molecule is Cc1ccc(C)c(COc2ccc([C@H](C)O)cc2C)c1. The molecule has 2 nitrogen and oxygen atoms in total. The summed E-state index contributed by atoms with van der Waals surface area (Å²) in [6.45, 7) is 8.53. The van der Waals surface area contributed by atoms with E-state index in [2.05, 4.69) is 32.0 Å². The smallest absolute Gasteiger partial charge is 0.122 e. The summed E-state index contributed by atoms with van der Waals surface area (Å²) in [6.07, 6.45) is -0.443. The van der Waals surface area contributed by atoms with Crippen LogP contribution in [0.5, 0.6) is 5.75 Å². The third-order valence-electron chi connectivity index (χ3n) is 3.57. The van der Waals surface area contributed by atoms with Crippen LogP contribution in [-0.2, 0) is 6.61 Å². The standard InChI is InChI=1S/C18H22O2/c1-12-5-6-13(2)17(9-12)11-20-18-8-7-16(15(4)19)10-14(18)3/h5-10,15,19H,11H2,1-4H3/t15-/m0/s1. The van der Waals surface area contributed by atoms with Gasteiger partial charge in [0.1, 0.15) is 12.4 Å². The van der Waals surface area contributed by atoms with E-state index in [1.165, 1.54) is 16.7 Å². The molecule has 2 aromatic carbocycles. The molecule has 0 aliphatic rings. The minimum absolute atomic E-state index is 0.443. The van der Waals surface area contributed by atoms with Gasteiger partial charge < -0.3 is 9.84 Å². The number of hydrogen-bond donors (Lipinski definition) is 1. The fourth-order valence-electron chi connectivity index (χ4n) is 2.21. The van der Waals surface area contributed by atoms with Gasteiger partial charge >= 0.3 is 0 Å². The van der Waals surface area contributed by atoms with Gasteiger partial charge in [0.15, 0.2) is 0 Å². The molecule has 0 heterocycles. The van der Waals surface area contributed by atoms with Crippen LogP contribution < -0.4 is 4.74 Å². The minimum atomic E-state index is -0.443. The van der Waals surface area contributed by atoms with E-state index in [1.54, 1.807) is 6.92 Å². The number of rotatable bonds is 4. The van der Waals surface area contributed by atoms with E-state index in [0.29, 0.717) is 6.61 Å². The summed E-state index contributed by atoms with van der Waals surface area (Å²) in [5.41, 5.74) is 5.67. The Morgan fingerprint density at radius 3 is 2.40 bits per heavy atom. The van der Waals surface area contributed by atoms with Crippen LogP contribution in [0.3, 0.4) is 0 Å². The van der Waals surface area contributed by atoms with Gasteiger partial charge in [-0.3, -0.25) is 0 Å². The maximum Gasteiger partial charge on any atom is 0.122 e. The normalized spacial score (nSPS) is 12.2. The lowest BCUT2D eigenvalue weighted by Gasteiger charge is -2.13. The number of aliphatic hydroxyl groups is 1. The molecule has 0 spiro atoms. The summed E-state index contributed by atoms with van der Waals surface area (Å²) in [7, 11) is 0. The molecule has 1 atom stereocenters. The summed E-state index contributed by atoms with van der Waals surface area (Å²) >= 11 is 0. The Kier molecular flexibility index (Phi) is 4.46. The van der Waals surface area contributed by atoms with Gasteiger partial charge in [-0.25, -0.2) is 0 Å². The highest BCUT2D eigenvalue weighted by atomic mass is 16.5. The lowest BCUT2D eigenvalue weighted by molar-refractivity contribution is 0.199. The molecule has 0 saturated heterocycles. The fourth-order valence-corrected chi connectivity index (χ4v) is 2.21. The van der Waals surface area contributed by atoms with E-state index in [9.17, 15) is 5.11 Å². The number of benzene rings is 2. The van der Waals surface area contributed by atoms with Gasteiger partial charge in [-0.15, -0.1) is 0 Å². The van der Waals surface area contributed by atoms with Gasteiger partial charge in [-0.05, 0) is 62.1 Å². The minimum Gasteiger partial charge on any atom is -0.489 e. The molecule has 0 bridgehead atoms. The lowest BCUT2D eigenvalue weighted by Crippen LogP contribution is -2.00. The molecular formula is C18H22O2. The van der Waals surface area contributed by atoms with Gasteiger partial charge in [0.2, 0.25) is 0 Å². The average Bonchev–Trinajstić information content (AvgIpc) is 2.40. The van der Waals surface area contributed by atoms with Crippen LogP contribution in [0.4, 0.5) is 0 Å². The molecule has 0 saturated carbocycles. The van der Waals surface area contributed by atoms with Crippen LogP contribution in [0.2, 0.25) is 0 Å². The monoisotopic (exact) mass is 270 g/mol. The summed E-state index contributed by atoms with van der Waals surface area (Å²) < 4.78 is 5.91. The summed E-state index contributed by atoms with van der Waals surface area (Å²) in [6, 6.07) is 12.2. The molecule has 106 valence electrons. The molecule has 0 radical (unpaired) electrons. The Morgan fingerprint density at radius 1 is 1.00 bits per heavy atom. The quantitative estimate of drug-likeness (QED) is 0.900. The second-order valence-corrected chi connectivity index (χ2v) is 5.42. The summed E-state index contributed by atoms with van der Waals surface area (Å²) in [5.74, 6) is 0.871. The van der Waals surface area contributed by atoms with Crippen molar-refractivity contribution in [3.05, 3.63) is 64.2 Å². The van der Waals surface area contributed by atoms with E-state index < -0.39 is 6.10 Å². The van der Waals surface area contributed by atoms with Gasteiger partial charge in [0.05, 0.1) is 6.10 Å². The Balaban J connectivity index is 2.13. The van der Waals surface area contributed by atoms with Crippen molar-refractivity contribution in [2.75, 3.05) is 0 Å². The molecule has 0 aliphatic carbocycles. The molecule has 0 unspecified atom stereocenters. The Bertz CT molecular complexity index is 600. The van der Waals surface area contributed by atoms with Crippen molar-refractivity contribution < 1.29 is 9.84 Å². The molecule has 2 heteroatoms. The molecular weight excluding hydrogens is 248 g/mol. The zero-order valence-corrected chi connectivity index (χ0v) is 12.6. The largest absolute Gasteiger partial charge is 0.489 e. The highest BCUT2D eigenvalue weighted by molar-refractivity contribution is 5.37. The van der Waals surface area contributed by atoms with Crippen LogP contribution >= 0.6 is 0 Å². The third kappa shape index (κ3) is 3.40. The topological polar surface area (TPSA) is 29.5 Å². The van der Waals surface area contributed by atoms with Crippen LogP contribution in [0, 0.1) is 20.8 Å². The molecule has 0 fully saturated rings. The zero-order valence-electron chi connectivity index (χ0n) is 12.6. The number of aliphatic hydroxyl groups excluding tert-OH is 1. The maximum absolute atomic E-state index is 9.57. The first-order chi connectivity index (χ1) is 9.47. The first kappa shape index (κ1) is 14.6. The lowest BCUT2D eigenvalue weighted by atomic mass is 10.1. The molecule has 20 heavy (non-hydrogen) atoms. The second-order valence-electron chi connectivity index (χ2n) is 5.42. The van der Waals surface area contributed by atoms with Crippen molar-refractivity contribution in [1.29, 1.82) is 0 Å². The predicted octanol–water partition coefficient (Wildman–Crippen LogP) is 4.24. The molecule has 0 aromatic heterocycles. The van der Waals surface area contributed by atoms with Crippen molar-refractivity contribution >= 4 is 0 Å². The summed E-state index contributed by atoms with van der Waals surface area (Å²) in [4.78, 5) is 0. The Labute approximate surface area is 121 Å². The van der Waals surface area contributed by atoms with Crippen LogP contribution in [0.25, 0.3) is 0 Å². The van der Waals surface area contributed by atoms with Crippen LogP contribution in [-0.4, -0.2) is 5.11 Å². The van der Waals surface area contributed by atoms with Gasteiger partial charge in [-0.2, -0.15) is 0 Å². The molecule has 2 aromatic rings. The highest BCUT2D eigenvalue weighted by Gasteiger charge is 2.06. The van der Waals surface area contributed by atoms with E-state index in [1.807, 2.05) is 25.1 Å². The van der Waals surface area contributed by atoms with E-state index in [4.69, 9.17) is 4.74 Å². The number of ether oxygens (including phenoxy) is 1. The van der Waals surface area contributed by atoms with Crippen molar-refractivity contribution in [2.24, 2.45) is 0 Å². The zero-order chi connectivity index (χ0) is 14.7. The van der Waals surface area contributed by atoms with Crippen molar-refractivity contribution in [3.63, 3.8) is 0 Å². The van der Waals surface area contributed by atoms with Gasteiger partial charge in [0, 0.05) is 0 Å². The molecule has 0 aliphatic heterocycles. The predicted molar refractivity (Wildman–Crippen MR) is 82.1 cm³/mol. The first-order valence-corrected chi connectivity index (χ1v) is 6.95. The number of aryl methyl sites for hydroxylation is 3. The summed E-state index contributed by atoms with van der Waals surface area (Å²) in [5, 5.41) is 9.57. The first-order valence-electron chi connectivity index (χ1n) is 6.95. The van der Waals surface area contributed by atoms with E-state index in [-0.39, 0.29) is 0 Å². The van der Waals surface area contributed by atoms with E-state index in [0.717, 1.165) is 16.9 Å². The number of hydrogen-bond acceptors (Lipinski definition) is 2. The van der Waals surface area contributed by atoms with Crippen LogP contribution in [0.15, 0.2) is 36.4 Å². The van der Waals surface area contributed by atoms with E-state index >= 15 is 0 Å². The Hall–Kier alpha value is -1.80. The molecule has 1 N–H and O–H groups in total. The van der Waals surface area contributed by atoms with Gasteiger partial charge in [-0.1, -0.05) is 29.8 Å². The Morgan fingerprint density at radius 2 is 1.75 bits per heavy atom. The van der Waals surface area contributed by atoms with Crippen molar-refractivity contribution in [3.8, 4) is 5.75 Å². The fraction of sp³-hybridized carbons (Fsp3) is 0.333. The second kappa shape index (κ2) is 6.10. The van der Waals surface area contributed by atoms with Crippen LogP contribution in [0.1, 0.15) is 40.8 Å².